The maximum absolute atomic E-state index is 13.1. The Morgan fingerprint density at radius 3 is 2.43 bits per heavy atom. The molecular formula is C18H22FNO3. The van der Waals surface area contributed by atoms with E-state index in [0.29, 0.717) is 19.4 Å². The lowest BCUT2D eigenvalue weighted by Crippen LogP contribution is -2.38. The highest BCUT2D eigenvalue weighted by atomic mass is 19.1. The molecule has 1 aliphatic heterocycles. The van der Waals surface area contributed by atoms with Gasteiger partial charge in [-0.2, -0.15) is 0 Å². The predicted molar refractivity (Wildman–Crippen MR) is 83.2 cm³/mol. The van der Waals surface area contributed by atoms with Crippen LogP contribution in [0.15, 0.2) is 24.3 Å². The first-order chi connectivity index (χ1) is 11.1. The molecule has 3 rings (SSSR count). The number of carbonyl (C=O) groups is 2. The van der Waals surface area contributed by atoms with Gasteiger partial charge >= 0.3 is 5.97 Å². The van der Waals surface area contributed by atoms with E-state index in [4.69, 9.17) is 0 Å². The zero-order valence-corrected chi connectivity index (χ0v) is 13.1. The summed E-state index contributed by atoms with van der Waals surface area (Å²) in [4.78, 5) is 26.0. The summed E-state index contributed by atoms with van der Waals surface area (Å²) >= 11 is 0. The zero-order valence-electron chi connectivity index (χ0n) is 13.1. The van der Waals surface area contributed by atoms with Crippen LogP contribution in [0.25, 0.3) is 0 Å². The van der Waals surface area contributed by atoms with E-state index >= 15 is 0 Å². The number of aliphatic carboxylic acids is 1. The number of benzene rings is 1. The lowest BCUT2D eigenvalue weighted by Gasteiger charge is -2.32. The number of amides is 1. The van der Waals surface area contributed by atoms with E-state index in [1.807, 2.05) is 4.90 Å². The van der Waals surface area contributed by atoms with Gasteiger partial charge in [-0.25, -0.2) is 4.39 Å². The van der Waals surface area contributed by atoms with E-state index in [0.717, 1.165) is 31.2 Å². The van der Waals surface area contributed by atoms with Crippen LogP contribution in [0.3, 0.4) is 0 Å². The first-order valence-corrected chi connectivity index (χ1v) is 8.35. The van der Waals surface area contributed by atoms with Crippen molar-refractivity contribution in [1.82, 2.24) is 4.90 Å². The van der Waals surface area contributed by atoms with Crippen LogP contribution in [0.5, 0.6) is 0 Å². The summed E-state index contributed by atoms with van der Waals surface area (Å²) in [6.07, 6.45) is 4.49. The summed E-state index contributed by atoms with van der Waals surface area (Å²) in [5.74, 6) is -1.58. The van der Waals surface area contributed by atoms with Gasteiger partial charge in [-0.3, -0.25) is 9.59 Å². The van der Waals surface area contributed by atoms with Crippen molar-refractivity contribution in [2.24, 2.45) is 11.8 Å². The maximum atomic E-state index is 13.1. The molecule has 0 spiro atoms. The molecule has 3 atom stereocenters. The monoisotopic (exact) mass is 319 g/mol. The van der Waals surface area contributed by atoms with Crippen LogP contribution in [0, 0.1) is 17.7 Å². The summed E-state index contributed by atoms with van der Waals surface area (Å²) in [7, 11) is 0. The molecule has 124 valence electrons. The number of rotatable bonds is 3. The molecule has 0 radical (unpaired) electrons. The van der Waals surface area contributed by atoms with Gasteiger partial charge in [0, 0.05) is 12.5 Å². The minimum Gasteiger partial charge on any atom is -0.481 e. The Hall–Kier alpha value is -1.91. The molecule has 1 heterocycles. The van der Waals surface area contributed by atoms with Crippen LogP contribution in [-0.2, 0) is 9.59 Å². The smallest absolute Gasteiger partial charge is 0.306 e. The minimum absolute atomic E-state index is 0.00620. The molecular weight excluding hydrogens is 297 g/mol. The summed E-state index contributed by atoms with van der Waals surface area (Å²) in [5, 5.41) is 9.20. The number of carboxylic acid groups (broad SMARTS) is 1. The molecule has 0 bridgehead atoms. The van der Waals surface area contributed by atoms with Crippen molar-refractivity contribution in [2.75, 3.05) is 6.54 Å². The normalized spacial score (nSPS) is 27.9. The van der Waals surface area contributed by atoms with Crippen LogP contribution >= 0.6 is 0 Å². The Morgan fingerprint density at radius 1 is 1.04 bits per heavy atom. The standard InChI is InChI=1S/C18H22FNO3/c19-15-8-6-12(7-9-15)16-5-2-10-20(16)17(21)13-3-1-4-14(11-13)18(22)23/h6-9,13-14,16H,1-5,10-11H2,(H,22,23). The molecule has 0 aromatic heterocycles. The second kappa shape index (κ2) is 6.69. The molecule has 1 amide bonds. The number of likely N-dealkylation sites (tertiary alicyclic amines) is 1. The van der Waals surface area contributed by atoms with E-state index in [1.165, 1.54) is 12.1 Å². The van der Waals surface area contributed by atoms with Gasteiger partial charge in [-0.1, -0.05) is 18.6 Å². The van der Waals surface area contributed by atoms with E-state index < -0.39 is 11.9 Å². The summed E-state index contributed by atoms with van der Waals surface area (Å²) in [6, 6.07) is 6.33. The van der Waals surface area contributed by atoms with Gasteiger partial charge in [0.2, 0.25) is 5.91 Å². The first-order valence-electron chi connectivity index (χ1n) is 8.35. The van der Waals surface area contributed by atoms with Crippen molar-refractivity contribution in [1.29, 1.82) is 0 Å². The molecule has 5 heteroatoms. The van der Waals surface area contributed by atoms with Gasteiger partial charge in [0.15, 0.2) is 0 Å². The highest BCUT2D eigenvalue weighted by Crippen LogP contribution is 2.37. The summed E-state index contributed by atoms with van der Waals surface area (Å²) in [6.45, 7) is 0.703. The Bertz CT molecular complexity index is 586. The van der Waals surface area contributed by atoms with Crippen LogP contribution in [0.1, 0.15) is 50.1 Å². The highest BCUT2D eigenvalue weighted by molar-refractivity contribution is 5.81. The molecule has 2 aliphatic rings. The van der Waals surface area contributed by atoms with Crippen molar-refractivity contribution in [3.8, 4) is 0 Å². The quantitative estimate of drug-likeness (QED) is 0.929. The summed E-state index contributed by atoms with van der Waals surface area (Å²) in [5.41, 5.74) is 0.961. The average molecular weight is 319 g/mol. The fraction of sp³-hybridized carbons (Fsp3) is 0.556. The molecule has 1 saturated carbocycles. The molecule has 23 heavy (non-hydrogen) atoms. The van der Waals surface area contributed by atoms with Crippen molar-refractivity contribution in [3.63, 3.8) is 0 Å². The average Bonchev–Trinajstić information content (AvgIpc) is 3.04. The lowest BCUT2D eigenvalue weighted by atomic mass is 9.80. The largest absolute Gasteiger partial charge is 0.481 e. The van der Waals surface area contributed by atoms with Gasteiger partial charge < -0.3 is 10.0 Å². The fourth-order valence-corrected chi connectivity index (χ4v) is 3.93. The molecule has 1 aliphatic carbocycles. The minimum atomic E-state index is -0.793. The maximum Gasteiger partial charge on any atom is 0.306 e. The second-order valence-electron chi connectivity index (χ2n) is 6.64. The highest BCUT2D eigenvalue weighted by Gasteiger charge is 2.37. The second-order valence-corrected chi connectivity index (χ2v) is 6.64. The number of nitrogens with zero attached hydrogens (tertiary/aromatic N) is 1. The third-order valence-corrected chi connectivity index (χ3v) is 5.16. The molecule has 1 aromatic rings. The van der Waals surface area contributed by atoms with Crippen LogP contribution in [-0.4, -0.2) is 28.4 Å². The number of halogens is 1. The molecule has 1 aromatic carbocycles. The first kappa shape index (κ1) is 16.0. The van der Waals surface area contributed by atoms with Gasteiger partial charge in [-0.15, -0.1) is 0 Å². The Labute approximate surface area is 135 Å². The van der Waals surface area contributed by atoms with Gasteiger partial charge in [-0.05, 0) is 49.8 Å². The number of hydrogen-bond acceptors (Lipinski definition) is 2. The van der Waals surface area contributed by atoms with Crippen molar-refractivity contribution in [3.05, 3.63) is 35.6 Å². The van der Waals surface area contributed by atoms with E-state index in [-0.39, 0.29) is 23.7 Å². The van der Waals surface area contributed by atoms with Crippen molar-refractivity contribution >= 4 is 11.9 Å². The summed E-state index contributed by atoms with van der Waals surface area (Å²) < 4.78 is 13.1. The molecule has 2 fully saturated rings. The van der Waals surface area contributed by atoms with E-state index in [2.05, 4.69) is 0 Å². The third-order valence-electron chi connectivity index (χ3n) is 5.16. The molecule has 1 N–H and O–H groups in total. The van der Waals surface area contributed by atoms with Gasteiger partial charge in [0.25, 0.3) is 0 Å². The Morgan fingerprint density at radius 2 is 1.74 bits per heavy atom. The van der Waals surface area contributed by atoms with E-state index in [1.54, 1.807) is 12.1 Å². The molecule has 4 nitrogen and oxygen atoms in total. The van der Waals surface area contributed by atoms with Crippen LogP contribution < -0.4 is 0 Å². The third kappa shape index (κ3) is 3.38. The van der Waals surface area contributed by atoms with Gasteiger partial charge in [0.05, 0.1) is 12.0 Å². The molecule has 3 unspecified atom stereocenters. The van der Waals surface area contributed by atoms with Crippen LogP contribution in [0.4, 0.5) is 4.39 Å². The Balaban J connectivity index is 1.73. The molecule has 1 saturated heterocycles. The number of carboxylic acids is 1. The number of hydrogen-bond donors (Lipinski definition) is 1. The van der Waals surface area contributed by atoms with Gasteiger partial charge in [0.1, 0.15) is 5.82 Å². The van der Waals surface area contributed by atoms with E-state index in [9.17, 15) is 19.1 Å². The van der Waals surface area contributed by atoms with Crippen LogP contribution in [0.2, 0.25) is 0 Å². The van der Waals surface area contributed by atoms with Crippen molar-refractivity contribution < 1.29 is 19.1 Å². The zero-order chi connectivity index (χ0) is 16.4. The SMILES string of the molecule is O=C(O)C1CCCC(C(=O)N2CCCC2c2ccc(F)cc2)C1. The number of carbonyl (C=O) groups excluding carboxylic acids is 1. The Kier molecular flexibility index (Phi) is 4.64. The topological polar surface area (TPSA) is 57.6 Å². The fourth-order valence-electron chi connectivity index (χ4n) is 3.93. The van der Waals surface area contributed by atoms with Crippen molar-refractivity contribution in [2.45, 2.75) is 44.6 Å². The lowest BCUT2D eigenvalue weighted by molar-refractivity contribution is -0.145. The predicted octanol–water partition coefficient (Wildman–Crippen LogP) is 3.38.